The molecule has 0 amide bonds. The number of aliphatic hydroxyl groups is 3. The van der Waals surface area contributed by atoms with Crippen LogP contribution in [0.3, 0.4) is 0 Å². The lowest BCUT2D eigenvalue weighted by Crippen LogP contribution is -2.53. The maximum Gasteiger partial charge on any atom is 0.335 e. The number of benzene rings is 1. The first-order valence-corrected chi connectivity index (χ1v) is 8.19. The van der Waals surface area contributed by atoms with E-state index in [0.29, 0.717) is 0 Å². The van der Waals surface area contributed by atoms with Gasteiger partial charge in [-0.1, -0.05) is 24.3 Å². The highest BCUT2D eigenvalue weighted by molar-refractivity contribution is 7.19. The van der Waals surface area contributed by atoms with E-state index in [-0.39, 0.29) is 12.8 Å². The molecule has 0 aliphatic heterocycles. The van der Waals surface area contributed by atoms with E-state index >= 15 is 0 Å². The molecule has 0 spiro atoms. The van der Waals surface area contributed by atoms with Gasteiger partial charge in [-0.25, -0.2) is 4.79 Å². The first kappa shape index (κ1) is 16.1. The van der Waals surface area contributed by atoms with Crippen molar-refractivity contribution < 1.29 is 25.2 Å². The van der Waals surface area contributed by atoms with Crippen LogP contribution >= 0.6 is 11.3 Å². The van der Waals surface area contributed by atoms with Crippen molar-refractivity contribution in [3.05, 3.63) is 41.3 Å². The Morgan fingerprint density at radius 1 is 1.26 bits per heavy atom. The lowest BCUT2D eigenvalue weighted by atomic mass is 9.74. The Morgan fingerprint density at radius 2 is 2.00 bits per heavy atom. The Kier molecular flexibility index (Phi) is 4.25. The Labute approximate surface area is 137 Å². The van der Waals surface area contributed by atoms with E-state index in [1.807, 2.05) is 30.3 Å². The number of carbonyl (C=O) groups is 1. The van der Waals surface area contributed by atoms with Crippen molar-refractivity contribution >= 4 is 33.5 Å². The summed E-state index contributed by atoms with van der Waals surface area (Å²) in [5.74, 6) is -1.99. The highest BCUT2D eigenvalue weighted by atomic mass is 32.1. The minimum Gasteiger partial charge on any atom is -0.479 e. The molecule has 1 aliphatic carbocycles. The van der Waals surface area contributed by atoms with E-state index in [4.69, 9.17) is 5.11 Å². The number of rotatable bonds is 3. The van der Waals surface area contributed by atoms with Crippen LogP contribution in [0.25, 0.3) is 16.2 Å². The molecule has 1 aliphatic rings. The number of carboxylic acid groups (broad SMARTS) is 1. The summed E-state index contributed by atoms with van der Waals surface area (Å²) in [5, 5.41) is 40.3. The van der Waals surface area contributed by atoms with Crippen molar-refractivity contribution in [2.45, 2.75) is 30.7 Å². The second kappa shape index (κ2) is 6.05. The van der Waals surface area contributed by atoms with E-state index in [9.17, 15) is 20.1 Å². The molecular weight excluding hydrogens is 316 g/mol. The van der Waals surface area contributed by atoms with Gasteiger partial charge in [-0.3, -0.25) is 0 Å². The van der Waals surface area contributed by atoms with Gasteiger partial charge >= 0.3 is 5.97 Å². The summed E-state index contributed by atoms with van der Waals surface area (Å²) in [4.78, 5) is 12.2. The Hall–Kier alpha value is -1.73. The van der Waals surface area contributed by atoms with Crippen LogP contribution in [0.2, 0.25) is 0 Å². The van der Waals surface area contributed by atoms with Gasteiger partial charge in [0.15, 0.2) is 5.60 Å². The lowest BCUT2D eigenvalue weighted by molar-refractivity contribution is -0.176. The number of thiophene rings is 1. The molecule has 23 heavy (non-hydrogen) atoms. The molecule has 1 aromatic carbocycles. The highest BCUT2D eigenvalue weighted by Gasteiger charge is 2.48. The monoisotopic (exact) mass is 334 g/mol. The molecular formula is C17H18O5S. The Balaban J connectivity index is 1.83. The molecule has 3 rings (SSSR count). The van der Waals surface area contributed by atoms with Gasteiger partial charge in [0.25, 0.3) is 0 Å². The third-order valence-corrected chi connectivity index (χ3v) is 5.38. The maximum atomic E-state index is 11.2. The largest absolute Gasteiger partial charge is 0.479 e. The average Bonchev–Trinajstić information content (AvgIpc) is 2.92. The molecule has 1 aromatic heterocycles. The van der Waals surface area contributed by atoms with Gasteiger partial charge in [0, 0.05) is 21.9 Å². The van der Waals surface area contributed by atoms with Gasteiger partial charge in [0.2, 0.25) is 0 Å². The summed E-state index contributed by atoms with van der Waals surface area (Å²) in [5.41, 5.74) is -2.01. The Morgan fingerprint density at radius 3 is 2.70 bits per heavy atom. The van der Waals surface area contributed by atoms with E-state index in [0.717, 1.165) is 15.0 Å². The SMILES string of the molecule is O=C(O)[C@]1(O)CC(/C=C/c2cc3ccccc3s2)[C@@H](O)[C@H](O)C1. The summed E-state index contributed by atoms with van der Waals surface area (Å²) in [6, 6.07) is 9.94. The molecule has 122 valence electrons. The second-order valence-corrected chi connectivity index (χ2v) is 7.13. The fourth-order valence-corrected chi connectivity index (χ4v) is 3.98. The maximum absolute atomic E-state index is 11.2. The fraction of sp³-hybridized carbons (Fsp3) is 0.353. The van der Waals surface area contributed by atoms with Crippen LogP contribution in [0.4, 0.5) is 0 Å². The van der Waals surface area contributed by atoms with Gasteiger partial charge in [0.05, 0.1) is 12.2 Å². The molecule has 1 fully saturated rings. The van der Waals surface area contributed by atoms with E-state index in [2.05, 4.69) is 0 Å². The van der Waals surface area contributed by atoms with Gasteiger partial charge < -0.3 is 20.4 Å². The molecule has 4 atom stereocenters. The molecule has 2 aromatic rings. The molecule has 0 bridgehead atoms. The number of aliphatic carboxylic acids is 1. The van der Waals surface area contributed by atoms with Gasteiger partial charge in [-0.05, 0) is 30.0 Å². The van der Waals surface area contributed by atoms with Crippen LogP contribution < -0.4 is 0 Å². The quantitative estimate of drug-likeness (QED) is 0.687. The van der Waals surface area contributed by atoms with Crippen molar-refractivity contribution in [3.8, 4) is 0 Å². The van der Waals surface area contributed by atoms with Crippen molar-refractivity contribution in [2.75, 3.05) is 0 Å². The second-order valence-electron chi connectivity index (χ2n) is 6.01. The standard InChI is InChI=1S/C17H18O5S/c18-13-9-17(22,16(20)21)8-11(15(13)19)5-6-12-7-10-3-1-2-4-14(10)23-12/h1-7,11,13,15,18-19,22H,8-9H2,(H,20,21)/b6-5+/t11?,13-,15-,17+/m1/s1. The Bertz CT molecular complexity index is 719. The molecule has 1 unspecified atom stereocenters. The molecule has 1 saturated carbocycles. The summed E-state index contributed by atoms with van der Waals surface area (Å²) in [7, 11) is 0. The third kappa shape index (κ3) is 3.16. The van der Waals surface area contributed by atoms with Crippen LogP contribution in [0.1, 0.15) is 17.7 Å². The normalized spacial score (nSPS) is 31.7. The predicted molar refractivity (Wildman–Crippen MR) is 88.2 cm³/mol. The van der Waals surface area contributed by atoms with Crippen LogP contribution in [-0.2, 0) is 4.79 Å². The number of aliphatic hydroxyl groups excluding tert-OH is 2. The minimum atomic E-state index is -2.01. The zero-order valence-electron chi connectivity index (χ0n) is 12.3. The molecule has 5 nitrogen and oxygen atoms in total. The number of fused-ring (bicyclic) bond motifs is 1. The van der Waals surface area contributed by atoms with Crippen molar-refractivity contribution in [1.29, 1.82) is 0 Å². The third-order valence-electron chi connectivity index (χ3n) is 4.30. The number of hydrogen-bond acceptors (Lipinski definition) is 5. The summed E-state index contributed by atoms with van der Waals surface area (Å²) in [6.45, 7) is 0. The number of carboxylic acids is 1. The van der Waals surface area contributed by atoms with Crippen molar-refractivity contribution in [3.63, 3.8) is 0 Å². The van der Waals surface area contributed by atoms with Crippen molar-refractivity contribution in [2.24, 2.45) is 5.92 Å². The summed E-state index contributed by atoms with van der Waals surface area (Å²) < 4.78 is 1.14. The van der Waals surface area contributed by atoms with E-state index in [1.165, 1.54) is 0 Å². The van der Waals surface area contributed by atoms with Crippen LogP contribution in [0, 0.1) is 5.92 Å². The van der Waals surface area contributed by atoms with Gasteiger partial charge in [-0.15, -0.1) is 11.3 Å². The zero-order valence-corrected chi connectivity index (χ0v) is 13.1. The van der Waals surface area contributed by atoms with E-state index in [1.54, 1.807) is 23.5 Å². The van der Waals surface area contributed by atoms with E-state index < -0.39 is 29.7 Å². The molecule has 1 heterocycles. The van der Waals surface area contributed by atoms with Crippen LogP contribution in [0.5, 0.6) is 0 Å². The highest BCUT2D eigenvalue weighted by Crippen LogP contribution is 2.35. The molecule has 6 heteroatoms. The predicted octanol–water partition coefficient (Wildman–Crippen LogP) is 1.86. The number of hydrogen-bond donors (Lipinski definition) is 4. The minimum absolute atomic E-state index is 0.123. The first-order chi connectivity index (χ1) is 10.9. The van der Waals surface area contributed by atoms with Crippen molar-refractivity contribution in [1.82, 2.24) is 0 Å². The molecule has 4 N–H and O–H groups in total. The topological polar surface area (TPSA) is 98.0 Å². The van der Waals surface area contributed by atoms with Gasteiger partial charge in [-0.2, -0.15) is 0 Å². The first-order valence-electron chi connectivity index (χ1n) is 7.38. The summed E-state index contributed by atoms with van der Waals surface area (Å²) >= 11 is 1.58. The van der Waals surface area contributed by atoms with Gasteiger partial charge in [0.1, 0.15) is 0 Å². The summed E-state index contributed by atoms with van der Waals surface area (Å²) in [6.07, 6.45) is 0.644. The fourth-order valence-electron chi connectivity index (χ4n) is 3.01. The van der Waals surface area contributed by atoms with Crippen LogP contribution in [0.15, 0.2) is 36.4 Å². The lowest BCUT2D eigenvalue weighted by Gasteiger charge is -2.38. The zero-order chi connectivity index (χ0) is 16.6. The van der Waals surface area contributed by atoms with Crippen LogP contribution in [-0.4, -0.2) is 44.2 Å². The smallest absolute Gasteiger partial charge is 0.335 e. The molecule has 0 radical (unpaired) electrons. The molecule has 0 saturated heterocycles. The average molecular weight is 334 g/mol.